The molecular formula is C22H33N3O3. The van der Waals surface area contributed by atoms with Gasteiger partial charge in [0.05, 0.1) is 13.1 Å². The highest BCUT2D eigenvalue weighted by Gasteiger charge is 2.27. The molecule has 28 heavy (non-hydrogen) atoms. The summed E-state index contributed by atoms with van der Waals surface area (Å²) >= 11 is 0. The van der Waals surface area contributed by atoms with Crippen LogP contribution in [-0.2, 0) is 14.4 Å². The third-order valence-electron chi connectivity index (χ3n) is 4.93. The number of hydrogen-bond acceptors (Lipinski definition) is 3. The fraction of sp³-hybridized carbons (Fsp3) is 0.591. The van der Waals surface area contributed by atoms with Crippen LogP contribution in [0, 0.1) is 18.8 Å². The Bertz CT molecular complexity index is 681. The molecule has 1 aliphatic carbocycles. The average molecular weight is 388 g/mol. The maximum Gasteiger partial charge on any atom is 0.243 e. The van der Waals surface area contributed by atoms with Gasteiger partial charge in [-0.05, 0) is 43.4 Å². The number of anilines is 1. The lowest BCUT2D eigenvalue weighted by Crippen LogP contribution is -2.46. The molecule has 2 rings (SSSR count). The van der Waals surface area contributed by atoms with Gasteiger partial charge in [0.25, 0.3) is 0 Å². The van der Waals surface area contributed by atoms with Crippen molar-refractivity contribution in [3.63, 3.8) is 0 Å². The minimum absolute atomic E-state index is 0.00520. The van der Waals surface area contributed by atoms with Gasteiger partial charge in [-0.2, -0.15) is 0 Å². The van der Waals surface area contributed by atoms with E-state index in [9.17, 15) is 14.4 Å². The van der Waals surface area contributed by atoms with Gasteiger partial charge in [0, 0.05) is 18.2 Å². The minimum Gasteiger partial charge on any atom is -0.345 e. The fourth-order valence-electron chi connectivity index (χ4n) is 3.62. The zero-order chi connectivity index (χ0) is 20.5. The summed E-state index contributed by atoms with van der Waals surface area (Å²) in [5, 5.41) is 5.40. The van der Waals surface area contributed by atoms with Gasteiger partial charge >= 0.3 is 0 Å². The van der Waals surface area contributed by atoms with Crippen LogP contribution in [0.1, 0.15) is 51.5 Å². The van der Waals surface area contributed by atoms with Crippen molar-refractivity contribution in [3.8, 4) is 0 Å². The highest BCUT2D eigenvalue weighted by atomic mass is 16.2. The molecule has 1 aromatic carbocycles. The average Bonchev–Trinajstić information content (AvgIpc) is 2.65. The molecule has 1 aromatic rings. The molecule has 6 nitrogen and oxygen atoms in total. The molecule has 0 atom stereocenters. The third-order valence-corrected chi connectivity index (χ3v) is 4.93. The highest BCUT2D eigenvalue weighted by Crippen LogP contribution is 2.25. The van der Waals surface area contributed by atoms with Crippen molar-refractivity contribution in [1.29, 1.82) is 0 Å². The first kappa shape index (κ1) is 21.9. The fourth-order valence-corrected chi connectivity index (χ4v) is 3.62. The van der Waals surface area contributed by atoms with Crippen molar-refractivity contribution < 1.29 is 14.4 Å². The van der Waals surface area contributed by atoms with E-state index in [1.165, 1.54) is 6.42 Å². The van der Waals surface area contributed by atoms with Gasteiger partial charge in [-0.15, -0.1) is 0 Å². The molecule has 1 fully saturated rings. The van der Waals surface area contributed by atoms with E-state index in [2.05, 4.69) is 10.6 Å². The first-order valence-electron chi connectivity index (χ1n) is 10.3. The lowest BCUT2D eigenvalue weighted by atomic mass is 9.88. The van der Waals surface area contributed by atoms with Crippen LogP contribution < -0.4 is 10.6 Å². The van der Waals surface area contributed by atoms with Gasteiger partial charge in [-0.3, -0.25) is 14.4 Å². The normalized spacial score (nSPS) is 14.6. The van der Waals surface area contributed by atoms with E-state index in [1.54, 1.807) is 11.0 Å². The predicted octanol–water partition coefficient (Wildman–Crippen LogP) is 3.11. The van der Waals surface area contributed by atoms with Crippen molar-refractivity contribution >= 4 is 23.4 Å². The van der Waals surface area contributed by atoms with E-state index in [-0.39, 0.29) is 42.6 Å². The monoisotopic (exact) mass is 387 g/mol. The second kappa shape index (κ2) is 10.8. The van der Waals surface area contributed by atoms with Crippen LogP contribution in [0.5, 0.6) is 0 Å². The Morgan fingerprint density at radius 1 is 1.11 bits per heavy atom. The first-order chi connectivity index (χ1) is 13.3. The number of amides is 3. The van der Waals surface area contributed by atoms with Crippen LogP contribution >= 0.6 is 0 Å². The maximum atomic E-state index is 12.8. The van der Waals surface area contributed by atoms with E-state index in [4.69, 9.17) is 0 Å². The Balaban J connectivity index is 1.84. The Morgan fingerprint density at radius 2 is 1.82 bits per heavy atom. The highest BCUT2D eigenvalue weighted by molar-refractivity contribution is 5.95. The van der Waals surface area contributed by atoms with Gasteiger partial charge < -0.3 is 15.5 Å². The molecule has 0 heterocycles. The van der Waals surface area contributed by atoms with E-state index in [1.807, 2.05) is 39.0 Å². The van der Waals surface area contributed by atoms with E-state index in [0.717, 1.165) is 31.2 Å². The number of hydrogen-bond donors (Lipinski definition) is 2. The second-order valence-electron chi connectivity index (χ2n) is 8.14. The smallest absolute Gasteiger partial charge is 0.243 e. The number of benzene rings is 1. The molecule has 1 saturated carbocycles. The summed E-state index contributed by atoms with van der Waals surface area (Å²) in [7, 11) is 0. The van der Waals surface area contributed by atoms with Crippen LogP contribution in [0.3, 0.4) is 0 Å². The van der Waals surface area contributed by atoms with Crippen molar-refractivity contribution in [3.05, 3.63) is 29.8 Å². The van der Waals surface area contributed by atoms with Gasteiger partial charge in [0.2, 0.25) is 17.7 Å². The van der Waals surface area contributed by atoms with Crippen LogP contribution in [0.2, 0.25) is 0 Å². The molecule has 0 aromatic heterocycles. The Hall–Kier alpha value is -2.37. The summed E-state index contributed by atoms with van der Waals surface area (Å²) in [5.41, 5.74) is 1.75. The number of nitrogens with zero attached hydrogens (tertiary/aromatic N) is 1. The lowest BCUT2D eigenvalue weighted by Gasteiger charge is -2.30. The minimum atomic E-state index is -0.302. The molecule has 0 unspecified atom stereocenters. The third kappa shape index (κ3) is 7.33. The van der Waals surface area contributed by atoms with E-state index in [0.29, 0.717) is 12.2 Å². The van der Waals surface area contributed by atoms with Gasteiger partial charge in [0.1, 0.15) is 0 Å². The number of rotatable bonds is 8. The molecule has 0 bridgehead atoms. The molecule has 154 valence electrons. The topological polar surface area (TPSA) is 78.5 Å². The lowest BCUT2D eigenvalue weighted by molar-refractivity contribution is -0.140. The Morgan fingerprint density at radius 3 is 2.46 bits per heavy atom. The van der Waals surface area contributed by atoms with Gasteiger partial charge in [-0.1, -0.05) is 45.2 Å². The summed E-state index contributed by atoms with van der Waals surface area (Å²) in [6, 6.07) is 7.49. The molecule has 1 aliphatic rings. The summed E-state index contributed by atoms with van der Waals surface area (Å²) in [6.45, 7) is 6.47. The molecule has 0 radical (unpaired) electrons. The van der Waals surface area contributed by atoms with Crippen LogP contribution in [0.4, 0.5) is 5.69 Å². The molecule has 3 amide bonds. The largest absolute Gasteiger partial charge is 0.345 e. The van der Waals surface area contributed by atoms with Crippen molar-refractivity contribution in [2.24, 2.45) is 11.8 Å². The standard InChI is InChI=1S/C22H33N3O3/c1-16(2)14-25(22(28)18-9-5-4-6-10-18)15-21(27)23-13-20(26)24-19-11-7-8-17(3)12-19/h7-8,11-12,16,18H,4-6,9-10,13-15H2,1-3H3,(H,23,27)(H,24,26). The number of aryl methyl sites for hydroxylation is 1. The number of carbonyl (C=O) groups is 3. The predicted molar refractivity (Wildman–Crippen MR) is 111 cm³/mol. The SMILES string of the molecule is Cc1cccc(NC(=O)CNC(=O)CN(CC(C)C)C(=O)C2CCCCC2)c1. The second-order valence-corrected chi connectivity index (χ2v) is 8.14. The van der Waals surface area contributed by atoms with E-state index < -0.39 is 0 Å². The zero-order valence-corrected chi connectivity index (χ0v) is 17.3. The number of nitrogens with one attached hydrogen (secondary N) is 2. The Kier molecular flexibility index (Phi) is 8.48. The number of carbonyl (C=O) groups excluding carboxylic acids is 3. The molecule has 2 N–H and O–H groups in total. The molecule has 6 heteroatoms. The molecule has 0 aliphatic heterocycles. The summed E-state index contributed by atoms with van der Waals surface area (Å²) in [6.07, 6.45) is 5.17. The van der Waals surface area contributed by atoms with Gasteiger partial charge in [-0.25, -0.2) is 0 Å². The Labute approximate surface area is 168 Å². The molecular weight excluding hydrogens is 354 g/mol. The van der Waals surface area contributed by atoms with E-state index >= 15 is 0 Å². The van der Waals surface area contributed by atoms with Crippen LogP contribution in [0.25, 0.3) is 0 Å². The zero-order valence-electron chi connectivity index (χ0n) is 17.3. The summed E-state index contributed by atoms with van der Waals surface area (Å²) in [5.74, 6) is -0.195. The van der Waals surface area contributed by atoms with Crippen LogP contribution in [-0.4, -0.2) is 42.3 Å². The molecule has 0 spiro atoms. The van der Waals surface area contributed by atoms with Gasteiger partial charge in [0.15, 0.2) is 0 Å². The van der Waals surface area contributed by atoms with Crippen molar-refractivity contribution in [2.45, 2.75) is 52.9 Å². The summed E-state index contributed by atoms with van der Waals surface area (Å²) in [4.78, 5) is 38.9. The van der Waals surface area contributed by atoms with Crippen molar-refractivity contribution in [1.82, 2.24) is 10.2 Å². The quantitative estimate of drug-likeness (QED) is 0.719. The maximum absolute atomic E-state index is 12.8. The first-order valence-corrected chi connectivity index (χ1v) is 10.3. The van der Waals surface area contributed by atoms with Crippen molar-refractivity contribution in [2.75, 3.05) is 25.0 Å². The van der Waals surface area contributed by atoms with Crippen LogP contribution in [0.15, 0.2) is 24.3 Å². The summed E-state index contributed by atoms with van der Waals surface area (Å²) < 4.78 is 0. The molecule has 0 saturated heterocycles.